The SMILES string of the molecule is CC(=O)Nc1ccc(-c2nccn2Cc2c(F)cccc2Cl)cc1. The number of nitrogens with zero attached hydrogens (tertiary/aromatic N) is 2. The van der Waals surface area contributed by atoms with Crippen LogP contribution in [0.3, 0.4) is 0 Å². The number of halogens is 2. The Morgan fingerprint density at radius 2 is 2.00 bits per heavy atom. The third kappa shape index (κ3) is 3.46. The fraction of sp³-hybridized carbons (Fsp3) is 0.111. The van der Waals surface area contributed by atoms with Crippen molar-refractivity contribution < 1.29 is 9.18 Å². The summed E-state index contributed by atoms with van der Waals surface area (Å²) in [7, 11) is 0. The van der Waals surface area contributed by atoms with Crippen LogP contribution < -0.4 is 5.32 Å². The molecule has 0 aliphatic heterocycles. The third-order valence-corrected chi connectivity index (χ3v) is 3.92. The van der Waals surface area contributed by atoms with E-state index in [9.17, 15) is 9.18 Å². The van der Waals surface area contributed by atoms with Gasteiger partial charge in [-0.25, -0.2) is 9.37 Å². The minimum atomic E-state index is -0.344. The summed E-state index contributed by atoms with van der Waals surface area (Å²) in [6.07, 6.45) is 3.44. The van der Waals surface area contributed by atoms with Crippen LogP contribution in [0.5, 0.6) is 0 Å². The molecule has 0 fully saturated rings. The maximum Gasteiger partial charge on any atom is 0.221 e. The van der Waals surface area contributed by atoms with Crippen molar-refractivity contribution in [1.82, 2.24) is 9.55 Å². The first-order valence-electron chi connectivity index (χ1n) is 7.36. The summed E-state index contributed by atoms with van der Waals surface area (Å²) in [5.74, 6) is 0.227. The second-order valence-electron chi connectivity index (χ2n) is 5.34. The molecule has 24 heavy (non-hydrogen) atoms. The van der Waals surface area contributed by atoms with E-state index in [1.54, 1.807) is 36.7 Å². The van der Waals surface area contributed by atoms with Crippen molar-refractivity contribution in [2.75, 3.05) is 5.32 Å². The fourth-order valence-corrected chi connectivity index (χ4v) is 2.68. The van der Waals surface area contributed by atoms with E-state index >= 15 is 0 Å². The maximum absolute atomic E-state index is 14.0. The number of benzene rings is 2. The predicted octanol–water partition coefficient (Wildman–Crippen LogP) is 4.35. The Morgan fingerprint density at radius 3 is 2.67 bits per heavy atom. The number of rotatable bonds is 4. The number of carbonyl (C=O) groups is 1. The number of amides is 1. The zero-order chi connectivity index (χ0) is 17.1. The van der Waals surface area contributed by atoms with Crippen molar-refractivity contribution in [2.24, 2.45) is 0 Å². The van der Waals surface area contributed by atoms with Gasteiger partial charge in [0.05, 0.1) is 6.54 Å². The number of anilines is 1. The van der Waals surface area contributed by atoms with Gasteiger partial charge in [-0.05, 0) is 36.4 Å². The molecule has 3 rings (SSSR count). The second kappa shape index (κ2) is 6.84. The molecule has 0 radical (unpaired) electrons. The van der Waals surface area contributed by atoms with Crippen molar-refractivity contribution in [2.45, 2.75) is 13.5 Å². The maximum atomic E-state index is 14.0. The minimum absolute atomic E-state index is 0.126. The van der Waals surface area contributed by atoms with Crippen LogP contribution in [0.15, 0.2) is 54.9 Å². The van der Waals surface area contributed by atoms with E-state index in [1.807, 2.05) is 16.7 Å². The van der Waals surface area contributed by atoms with Crippen LogP contribution in [-0.4, -0.2) is 15.5 Å². The van der Waals surface area contributed by atoms with Gasteiger partial charge in [0.25, 0.3) is 0 Å². The van der Waals surface area contributed by atoms with E-state index in [1.165, 1.54) is 13.0 Å². The minimum Gasteiger partial charge on any atom is -0.326 e. The van der Waals surface area contributed by atoms with E-state index in [0.717, 1.165) is 5.56 Å². The Kier molecular flexibility index (Phi) is 4.62. The van der Waals surface area contributed by atoms with Crippen LogP contribution in [0, 0.1) is 5.82 Å². The Balaban J connectivity index is 1.89. The van der Waals surface area contributed by atoms with E-state index in [0.29, 0.717) is 22.1 Å². The highest BCUT2D eigenvalue weighted by atomic mass is 35.5. The molecule has 0 atom stereocenters. The molecule has 0 unspecified atom stereocenters. The van der Waals surface area contributed by atoms with Crippen LogP contribution in [0.25, 0.3) is 11.4 Å². The molecule has 4 nitrogen and oxygen atoms in total. The lowest BCUT2D eigenvalue weighted by Crippen LogP contribution is -2.06. The molecule has 1 heterocycles. The number of hydrogen-bond acceptors (Lipinski definition) is 2. The molecule has 1 aromatic heterocycles. The van der Waals surface area contributed by atoms with Gasteiger partial charge < -0.3 is 9.88 Å². The second-order valence-corrected chi connectivity index (χ2v) is 5.74. The van der Waals surface area contributed by atoms with Gasteiger partial charge in [0, 0.05) is 41.2 Å². The highest BCUT2D eigenvalue weighted by Crippen LogP contribution is 2.24. The first-order chi connectivity index (χ1) is 11.5. The average molecular weight is 344 g/mol. The molecule has 122 valence electrons. The van der Waals surface area contributed by atoms with Crippen molar-refractivity contribution >= 4 is 23.2 Å². The van der Waals surface area contributed by atoms with Crippen molar-refractivity contribution in [3.05, 3.63) is 71.3 Å². The zero-order valence-electron chi connectivity index (χ0n) is 13.0. The predicted molar refractivity (Wildman–Crippen MR) is 92.5 cm³/mol. The lowest BCUT2D eigenvalue weighted by atomic mass is 10.1. The average Bonchev–Trinajstić information content (AvgIpc) is 2.99. The number of carbonyl (C=O) groups excluding carboxylic acids is 1. The van der Waals surface area contributed by atoms with Crippen molar-refractivity contribution in [1.29, 1.82) is 0 Å². The molecule has 0 saturated carbocycles. The molecule has 3 aromatic rings. The van der Waals surface area contributed by atoms with Gasteiger partial charge in [0.15, 0.2) is 0 Å². The summed E-state index contributed by atoms with van der Waals surface area (Å²) < 4.78 is 15.8. The van der Waals surface area contributed by atoms with Crippen LogP contribution in [0.4, 0.5) is 10.1 Å². The fourth-order valence-electron chi connectivity index (χ4n) is 2.46. The van der Waals surface area contributed by atoms with Crippen molar-refractivity contribution in [3.8, 4) is 11.4 Å². The normalized spacial score (nSPS) is 10.6. The molecule has 0 bridgehead atoms. The van der Waals surface area contributed by atoms with Gasteiger partial charge in [0.1, 0.15) is 11.6 Å². The number of imidazole rings is 1. The number of aromatic nitrogens is 2. The molecular formula is C18H15ClFN3O. The first kappa shape index (κ1) is 16.2. The molecule has 2 aromatic carbocycles. The van der Waals surface area contributed by atoms with Crippen LogP contribution in [0.2, 0.25) is 5.02 Å². The Labute approximate surface area is 143 Å². The van der Waals surface area contributed by atoms with Gasteiger partial charge in [-0.1, -0.05) is 17.7 Å². The largest absolute Gasteiger partial charge is 0.326 e. The molecule has 0 aliphatic carbocycles. The molecule has 1 amide bonds. The standard InChI is InChI=1S/C18H15ClFN3O/c1-12(24)22-14-7-5-13(6-8-14)18-21-9-10-23(18)11-15-16(19)3-2-4-17(15)20/h2-10H,11H2,1H3,(H,22,24). The quantitative estimate of drug-likeness (QED) is 0.765. The van der Waals surface area contributed by atoms with Crippen molar-refractivity contribution in [3.63, 3.8) is 0 Å². The summed E-state index contributed by atoms with van der Waals surface area (Å²) in [5.41, 5.74) is 2.00. The van der Waals surface area contributed by atoms with Crippen LogP contribution in [0.1, 0.15) is 12.5 Å². The molecule has 6 heteroatoms. The molecule has 0 spiro atoms. The summed E-state index contributed by atoms with van der Waals surface area (Å²) in [4.78, 5) is 15.4. The molecule has 1 N–H and O–H groups in total. The van der Waals surface area contributed by atoms with E-state index in [4.69, 9.17) is 11.6 Å². The van der Waals surface area contributed by atoms with Crippen LogP contribution >= 0.6 is 11.6 Å². The van der Waals surface area contributed by atoms with E-state index < -0.39 is 0 Å². The van der Waals surface area contributed by atoms with E-state index in [2.05, 4.69) is 10.3 Å². The number of hydrogen-bond donors (Lipinski definition) is 1. The summed E-state index contributed by atoms with van der Waals surface area (Å²) in [5, 5.41) is 3.10. The monoisotopic (exact) mass is 343 g/mol. The molecular weight excluding hydrogens is 329 g/mol. The highest BCUT2D eigenvalue weighted by Gasteiger charge is 2.11. The number of nitrogens with one attached hydrogen (secondary N) is 1. The third-order valence-electron chi connectivity index (χ3n) is 3.57. The summed E-state index contributed by atoms with van der Waals surface area (Å²) >= 11 is 6.10. The highest BCUT2D eigenvalue weighted by molar-refractivity contribution is 6.31. The Hall–Kier alpha value is -2.66. The summed E-state index contributed by atoms with van der Waals surface area (Å²) in [6.45, 7) is 1.74. The first-order valence-corrected chi connectivity index (χ1v) is 7.74. The van der Waals surface area contributed by atoms with E-state index in [-0.39, 0.29) is 18.3 Å². The Bertz CT molecular complexity index is 854. The summed E-state index contributed by atoms with van der Waals surface area (Å²) in [6, 6.07) is 11.9. The molecule has 0 aliphatic rings. The van der Waals surface area contributed by atoms with Crippen LogP contribution in [-0.2, 0) is 11.3 Å². The molecule has 0 saturated heterocycles. The smallest absolute Gasteiger partial charge is 0.221 e. The van der Waals surface area contributed by atoms with Gasteiger partial charge >= 0.3 is 0 Å². The van der Waals surface area contributed by atoms with Gasteiger partial charge in [-0.15, -0.1) is 0 Å². The lowest BCUT2D eigenvalue weighted by molar-refractivity contribution is -0.114. The van der Waals surface area contributed by atoms with Gasteiger partial charge in [0.2, 0.25) is 5.91 Å². The zero-order valence-corrected chi connectivity index (χ0v) is 13.7. The van der Waals surface area contributed by atoms with Gasteiger partial charge in [-0.2, -0.15) is 0 Å². The lowest BCUT2D eigenvalue weighted by Gasteiger charge is -2.11. The topological polar surface area (TPSA) is 46.9 Å². The van der Waals surface area contributed by atoms with Gasteiger partial charge in [-0.3, -0.25) is 4.79 Å². The Morgan fingerprint density at radius 1 is 1.25 bits per heavy atom.